The second-order valence-corrected chi connectivity index (χ2v) is 8.90. The summed E-state index contributed by atoms with van der Waals surface area (Å²) < 4.78 is 5.53. The van der Waals surface area contributed by atoms with Gasteiger partial charge < -0.3 is 14.6 Å². The number of hydrogen-bond donors (Lipinski definition) is 1. The molecule has 1 fully saturated rings. The number of carbonyl (C=O) groups is 2. The van der Waals surface area contributed by atoms with E-state index in [0.717, 1.165) is 38.1 Å². The van der Waals surface area contributed by atoms with Crippen LogP contribution in [0.4, 0.5) is 0 Å². The fourth-order valence-corrected chi connectivity index (χ4v) is 5.13. The van der Waals surface area contributed by atoms with Crippen molar-refractivity contribution in [1.82, 2.24) is 10.2 Å². The first-order chi connectivity index (χ1) is 13.9. The lowest BCUT2D eigenvalue weighted by molar-refractivity contribution is -0.122. The second-order valence-electron chi connectivity index (χ2n) is 8.90. The van der Waals surface area contributed by atoms with Crippen molar-refractivity contribution in [2.24, 2.45) is 0 Å². The molecule has 1 unspecified atom stereocenters. The molecule has 1 saturated heterocycles. The predicted molar refractivity (Wildman–Crippen MR) is 112 cm³/mol. The van der Waals surface area contributed by atoms with E-state index in [9.17, 15) is 9.59 Å². The average Bonchev–Trinajstić information content (AvgIpc) is 3.24. The Bertz CT molecular complexity index is 906. The minimum absolute atomic E-state index is 0.0212. The molecule has 4 rings (SSSR count). The fraction of sp³-hybridized carbons (Fsp3) is 0.500. The van der Waals surface area contributed by atoms with Crippen LogP contribution in [-0.2, 0) is 10.2 Å². The van der Waals surface area contributed by atoms with Gasteiger partial charge in [-0.2, -0.15) is 0 Å². The van der Waals surface area contributed by atoms with Crippen LogP contribution in [-0.4, -0.2) is 35.8 Å². The Kier molecular flexibility index (Phi) is 5.24. The van der Waals surface area contributed by atoms with Crippen molar-refractivity contribution in [1.29, 1.82) is 0 Å². The van der Waals surface area contributed by atoms with Gasteiger partial charge in [-0.25, -0.2) is 0 Å². The van der Waals surface area contributed by atoms with E-state index in [1.165, 1.54) is 11.1 Å². The lowest BCUT2D eigenvalue weighted by Crippen LogP contribution is -2.44. The van der Waals surface area contributed by atoms with E-state index in [4.69, 9.17) is 4.42 Å². The largest absolute Gasteiger partial charge is 0.456 e. The summed E-state index contributed by atoms with van der Waals surface area (Å²) in [5, 5.41) is 3.03. The van der Waals surface area contributed by atoms with Gasteiger partial charge in [-0.05, 0) is 74.6 Å². The molecule has 1 atom stereocenters. The third-order valence-electron chi connectivity index (χ3n) is 6.45. The predicted octanol–water partition coefficient (Wildman–Crippen LogP) is 4.16. The molecule has 1 aromatic carbocycles. The molecule has 5 nitrogen and oxygen atoms in total. The van der Waals surface area contributed by atoms with Crippen molar-refractivity contribution >= 4 is 11.8 Å². The summed E-state index contributed by atoms with van der Waals surface area (Å²) in [7, 11) is 0. The molecule has 1 spiro atoms. The Balaban J connectivity index is 1.49. The van der Waals surface area contributed by atoms with E-state index in [1.807, 2.05) is 31.7 Å². The molecule has 1 aromatic heterocycles. The summed E-state index contributed by atoms with van der Waals surface area (Å²) in [6.07, 6.45) is 3.38. The van der Waals surface area contributed by atoms with Gasteiger partial charge >= 0.3 is 0 Å². The van der Waals surface area contributed by atoms with Gasteiger partial charge in [0.2, 0.25) is 5.91 Å². The topological polar surface area (TPSA) is 62.6 Å². The van der Waals surface area contributed by atoms with Crippen molar-refractivity contribution in [3.05, 3.63) is 59.0 Å². The summed E-state index contributed by atoms with van der Waals surface area (Å²) in [6.45, 7) is 7.28. The molecule has 0 bridgehead atoms. The van der Waals surface area contributed by atoms with Crippen LogP contribution in [0.3, 0.4) is 0 Å². The molecular formula is C24H30N2O3. The van der Waals surface area contributed by atoms with E-state index in [1.54, 1.807) is 6.07 Å². The molecule has 2 amide bonds. The first-order valence-electron chi connectivity index (χ1n) is 10.6. The molecule has 29 heavy (non-hydrogen) atoms. The second kappa shape index (κ2) is 7.69. The van der Waals surface area contributed by atoms with Crippen molar-refractivity contribution in [3.8, 4) is 0 Å². The van der Waals surface area contributed by atoms with Crippen LogP contribution < -0.4 is 5.32 Å². The zero-order valence-electron chi connectivity index (χ0n) is 17.5. The van der Waals surface area contributed by atoms with Gasteiger partial charge in [-0.15, -0.1) is 0 Å². The van der Waals surface area contributed by atoms with E-state index in [0.29, 0.717) is 12.2 Å². The number of benzene rings is 1. The molecule has 154 valence electrons. The zero-order chi connectivity index (χ0) is 20.6. The molecule has 1 N–H and O–H groups in total. The number of likely N-dealkylation sites (tertiary alicyclic amines) is 1. The van der Waals surface area contributed by atoms with Crippen LogP contribution >= 0.6 is 0 Å². The number of rotatable bonds is 4. The van der Waals surface area contributed by atoms with Gasteiger partial charge in [0.25, 0.3) is 5.91 Å². The standard InChI is InChI=1S/C24H30N2O3/c1-16(2)25-22(27)14-18-15-24(20-7-5-4-6-19(18)20)10-12-26(13-11-24)23(28)21-9-8-17(3)29-21/h4-9,16,18H,10-15H2,1-3H3,(H,25,27). The lowest BCUT2D eigenvalue weighted by Gasteiger charge is -2.40. The Hall–Kier alpha value is -2.56. The third kappa shape index (κ3) is 3.83. The quantitative estimate of drug-likeness (QED) is 0.847. The highest BCUT2D eigenvalue weighted by molar-refractivity contribution is 5.91. The average molecular weight is 395 g/mol. The van der Waals surface area contributed by atoms with Crippen molar-refractivity contribution in [3.63, 3.8) is 0 Å². The van der Waals surface area contributed by atoms with Crippen LogP contribution in [0.15, 0.2) is 40.8 Å². The minimum Gasteiger partial charge on any atom is -0.456 e. The van der Waals surface area contributed by atoms with Crippen molar-refractivity contribution in [2.45, 2.75) is 63.8 Å². The molecule has 2 heterocycles. The molecule has 2 aliphatic rings. The number of carbonyl (C=O) groups excluding carboxylic acids is 2. The number of amides is 2. The Labute approximate surface area is 172 Å². The monoisotopic (exact) mass is 394 g/mol. The summed E-state index contributed by atoms with van der Waals surface area (Å²) in [5.74, 6) is 1.53. The van der Waals surface area contributed by atoms with E-state index >= 15 is 0 Å². The van der Waals surface area contributed by atoms with Crippen LogP contribution in [0.1, 0.15) is 72.9 Å². The first kappa shape index (κ1) is 19.7. The smallest absolute Gasteiger partial charge is 0.289 e. The molecule has 1 aliphatic carbocycles. The zero-order valence-corrected chi connectivity index (χ0v) is 17.5. The van der Waals surface area contributed by atoms with Crippen molar-refractivity contribution in [2.75, 3.05) is 13.1 Å². The molecule has 2 aromatic rings. The van der Waals surface area contributed by atoms with Gasteiger partial charge in [-0.3, -0.25) is 9.59 Å². The highest BCUT2D eigenvalue weighted by Crippen LogP contribution is 2.52. The highest BCUT2D eigenvalue weighted by atomic mass is 16.3. The number of aryl methyl sites for hydroxylation is 1. The molecule has 5 heteroatoms. The summed E-state index contributed by atoms with van der Waals surface area (Å²) in [4.78, 5) is 27.1. The van der Waals surface area contributed by atoms with Gasteiger partial charge in [0.1, 0.15) is 5.76 Å². The maximum absolute atomic E-state index is 12.8. The normalized spacial score (nSPS) is 20.1. The van der Waals surface area contributed by atoms with E-state index in [-0.39, 0.29) is 29.2 Å². The summed E-state index contributed by atoms with van der Waals surface area (Å²) in [5.41, 5.74) is 2.76. The number of nitrogens with one attached hydrogen (secondary N) is 1. The number of fused-ring (bicyclic) bond motifs is 2. The molecular weight excluding hydrogens is 364 g/mol. The Morgan fingerprint density at radius 2 is 1.90 bits per heavy atom. The van der Waals surface area contributed by atoms with Crippen molar-refractivity contribution < 1.29 is 14.0 Å². The van der Waals surface area contributed by atoms with Gasteiger partial charge in [0.15, 0.2) is 5.76 Å². The van der Waals surface area contributed by atoms with Gasteiger partial charge in [-0.1, -0.05) is 24.3 Å². The van der Waals surface area contributed by atoms with Crippen LogP contribution in [0.5, 0.6) is 0 Å². The Morgan fingerprint density at radius 3 is 2.55 bits per heavy atom. The highest BCUT2D eigenvalue weighted by Gasteiger charge is 2.46. The van der Waals surface area contributed by atoms with Crippen LogP contribution in [0.25, 0.3) is 0 Å². The minimum atomic E-state index is -0.0212. The Morgan fingerprint density at radius 1 is 1.17 bits per heavy atom. The lowest BCUT2D eigenvalue weighted by atomic mass is 9.73. The molecule has 1 aliphatic heterocycles. The third-order valence-corrected chi connectivity index (χ3v) is 6.45. The fourth-order valence-electron chi connectivity index (χ4n) is 5.13. The maximum Gasteiger partial charge on any atom is 0.289 e. The van der Waals surface area contributed by atoms with Gasteiger partial charge in [0.05, 0.1) is 0 Å². The van der Waals surface area contributed by atoms with Crippen LogP contribution in [0.2, 0.25) is 0 Å². The number of piperidine rings is 1. The van der Waals surface area contributed by atoms with Gasteiger partial charge in [0, 0.05) is 25.6 Å². The van der Waals surface area contributed by atoms with Crippen LogP contribution in [0, 0.1) is 6.92 Å². The number of nitrogens with zero attached hydrogens (tertiary/aromatic N) is 1. The maximum atomic E-state index is 12.8. The van der Waals surface area contributed by atoms with E-state index < -0.39 is 0 Å². The molecule has 0 radical (unpaired) electrons. The molecule has 0 saturated carbocycles. The SMILES string of the molecule is Cc1ccc(C(=O)N2CCC3(CC2)CC(CC(=O)NC(C)C)c2ccccc23)o1. The number of hydrogen-bond acceptors (Lipinski definition) is 3. The van der Waals surface area contributed by atoms with E-state index in [2.05, 4.69) is 29.6 Å². The number of furan rings is 1. The summed E-state index contributed by atoms with van der Waals surface area (Å²) in [6, 6.07) is 12.3. The summed E-state index contributed by atoms with van der Waals surface area (Å²) >= 11 is 0. The first-order valence-corrected chi connectivity index (χ1v) is 10.6.